The summed E-state index contributed by atoms with van der Waals surface area (Å²) < 4.78 is 5.21. The summed E-state index contributed by atoms with van der Waals surface area (Å²) in [5.74, 6) is -2.22. The molecule has 10 nitrogen and oxygen atoms in total. The second-order valence-corrected chi connectivity index (χ2v) is 6.72. The molecule has 1 fully saturated rings. The van der Waals surface area contributed by atoms with Gasteiger partial charge in [-0.05, 0) is 29.8 Å². The van der Waals surface area contributed by atoms with Crippen molar-refractivity contribution in [1.29, 1.82) is 0 Å². The highest BCUT2D eigenvalue weighted by molar-refractivity contribution is 6.46. The number of aliphatic hydroxyl groups is 2. The van der Waals surface area contributed by atoms with Gasteiger partial charge in [-0.2, -0.15) is 0 Å². The van der Waals surface area contributed by atoms with Gasteiger partial charge in [-0.15, -0.1) is 0 Å². The molecule has 0 aliphatic carbocycles. The lowest BCUT2D eigenvalue weighted by molar-refractivity contribution is -0.384. The van der Waals surface area contributed by atoms with Crippen molar-refractivity contribution in [3.63, 3.8) is 0 Å². The summed E-state index contributed by atoms with van der Waals surface area (Å²) in [5, 5.41) is 40.1. The predicted molar refractivity (Wildman–Crippen MR) is 108 cm³/mol. The molecule has 3 N–H and O–H groups in total. The number of Topliss-reactive ketones (excluding diaryl/α,β-unsaturated/α-hetero) is 1. The Bertz CT molecular complexity index is 1010. The van der Waals surface area contributed by atoms with Gasteiger partial charge in [0.25, 0.3) is 17.4 Å². The molecule has 3 rings (SSSR count). The van der Waals surface area contributed by atoms with E-state index >= 15 is 0 Å². The number of nitro groups is 1. The number of ketones is 1. The molecule has 0 aromatic heterocycles. The number of carbonyl (C=O) groups is 2. The van der Waals surface area contributed by atoms with Gasteiger partial charge in [0.15, 0.2) is 0 Å². The molecule has 1 atom stereocenters. The average molecular weight is 428 g/mol. The van der Waals surface area contributed by atoms with Crippen molar-refractivity contribution in [1.82, 2.24) is 4.90 Å². The smallest absolute Gasteiger partial charge is 0.295 e. The van der Waals surface area contributed by atoms with Gasteiger partial charge < -0.3 is 25.0 Å². The van der Waals surface area contributed by atoms with Crippen molar-refractivity contribution in [3.8, 4) is 5.75 Å². The van der Waals surface area contributed by atoms with Gasteiger partial charge in [0.1, 0.15) is 11.5 Å². The fraction of sp³-hybridized carbons (Fsp3) is 0.238. The number of phenols is 1. The van der Waals surface area contributed by atoms with Gasteiger partial charge in [-0.1, -0.05) is 12.1 Å². The van der Waals surface area contributed by atoms with Crippen molar-refractivity contribution in [2.24, 2.45) is 0 Å². The minimum absolute atomic E-state index is 0.0117. The molecule has 162 valence electrons. The van der Waals surface area contributed by atoms with E-state index in [2.05, 4.69) is 0 Å². The van der Waals surface area contributed by atoms with Crippen molar-refractivity contribution < 1.29 is 34.6 Å². The van der Waals surface area contributed by atoms with E-state index in [1.54, 1.807) is 0 Å². The molecule has 1 amide bonds. The molecular formula is C21H20N2O8. The Morgan fingerprint density at radius 2 is 1.71 bits per heavy atom. The summed E-state index contributed by atoms with van der Waals surface area (Å²) >= 11 is 0. The standard InChI is InChI=1S/C21H20N2O8/c24-10-12-31-11-9-22-18(13-3-7-16(25)8-4-13)17(20(27)21(22)28)19(26)14-1-5-15(6-2-14)23(29)30/h1-8,18,24-26H,9-12H2/b19-17-. The van der Waals surface area contributed by atoms with Gasteiger partial charge in [-0.25, -0.2) is 0 Å². The Morgan fingerprint density at radius 1 is 1.06 bits per heavy atom. The number of phenolic OH excluding ortho intramolecular Hbond substituents is 1. The molecule has 0 saturated carbocycles. The number of nitro benzene ring substituents is 1. The molecule has 1 unspecified atom stereocenters. The van der Waals surface area contributed by atoms with Crippen LogP contribution in [0.5, 0.6) is 5.75 Å². The molecule has 31 heavy (non-hydrogen) atoms. The van der Waals surface area contributed by atoms with E-state index in [1.807, 2.05) is 0 Å². The molecule has 0 radical (unpaired) electrons. The monoisotopic (exact) mass is 428 g/mol. The molecular weight excluding hydrogens is 408 g/mol. The minimum Gasteiger partial charge on any atom is -0.508 e. The number of hydrogen-bond acceptors (Lipinski definition) is 8. The number of amides is 1. The first-order valence-electron chi connectivity index (χ1n) is 9.36. The van der Waals surface area contributed by atoms with Gasteiger partial charge in [0.05, 0.1) is 36.4 Å². The number of aromatic hydroxyl groups is 1. The van der Waals surface area contributed by atoms with Crippen molar-refractivity contribution in [2.75, 3.05) is 26.4 Å². The number of aliphatic hydroxyl groups excluding tert-OH is 2. The van der Waals surface area contributed by atoms with Crippen LogP contribution in [0.2, 0.25) is 0 Å². The zero-order chi connectivity index (χ0) is 22.5. The Hall–Kier alpha value is -3.76. The second-order valence-electron chi connectivity index (χ2n) is 6.72. The molecule has 1 heterocycles. The van der Waals surface area contributed by atoms with E-state index in [0.717, 1.165) is 0 Å². The highest BCUT2D eigenvalue weighted by Crippen LogP contribution is 2.39. The zero-order valence-corrected chi connectivity index (χ0v) is 16.3. The van der Waals surface area contributed by atoms with Crippen molar-refractivity contribution in [2.45, 2.75) is 6.04 Å². The summed E-state index contributed by atoms with van der Waals surface area (Å²) in [5.41, 5.74) is 0.256. The van der Waals surface area contributed by atoms with E-state index in [0.29, 0.717) is 5.56 Å². The van der Waals surface area contributed by atoms with Gasteiger partial charge in [0.2, 0.25) is 0 Å². The third-order valence-electron chi connectivity index (χ3n) is 4.81. The average Bonchev–Trinajstić information content (AvgIpc) is 3.01. The van der Waals surface area contributed by atoms with Crippen LogP contribution < -0.4 is 0 Å². The van der Waals surface area contributed by atoms with Crippen LogP contribution in [0.3, 0.4) is 0 Å². The predicted octanol–water partition coefficient (Wildman–Crippen LogP) is 1.73. The lowest BCUT2D eigenvalue weighted by Crippen LogP contribution is -2.33. The normalized spacial score (nSPS) is 17.8. The summed E-state index contributed by atoms with van der Waals surface area (Å²) in [6.45, 7) is -0.0517. The van der Waals surface area contributed by atoms with Crippen LogP contribution >= 0.6 is 0 Å². The van der Waals surface area contributed by atoms with Crippen molar-refractivity contribution >= 4 is 23.1 Å². The maximum absolute atomic E-state index is 12.8. The molecule has 1 aliphatic rings. The Balaban J connectivity index is 2.05. The third-order valence-corrected chi connectivity index (χ3v) is 4.81. The molecule has 1 aliphatic heterocycles. The first-order valence-corrected chi connectivity index (χ1v) is 9.36. The number of rotatable bonds is 8. The van der Waals surface area contributed by atoms with Crippen LogP contribution in [0.4, 0.5) is 5.69 Å². The number of carbonyl (C=O) groups excluding carboxylic acids is 2. The fourth-order valence-electron chi connectivity index (χ4n) is 3.34. The highest BCUT2D eigenvalue weighted by atomic mass is 16.6. The number of hydrogen-bond donors (Lipinski definition) is 3. The molecule has 0 spiro atoms. The van der Waals surface area contributed by atoms with Crippen LogP contribution in [0.1, 0.15) is 17.2 Å². The maximum atomic E-state index is 12.8. The first-order chi connectivity index (χ1) is 14.8. The lowest BCUT2D eigenvalue weighted by atomic mass is 9.95. The molecule has 2 aromatic carbocycles. The van der Waals surface area contributed by atoms with E-state index in [-0.39, 0.29) is 48.9 Å². The van der Waals surface area contributed by atoms with E-state index in [4.69, 9.17) is 9.84 Å². The molecule has 1 saturated heterocycles. The number of non-ortho nitro benzene ring substituents is 1. The summed E-state index contributed by atoms with van der Waals surface area (Å²) in [7, 11) is 0. The topological polar surface area (TPSA) is 150 Å². The SMILES string of the molecule is O=C1C(=O)N(CCOCCO)C(c2ccc(O)cc2)/C1=C(/O)c1ccc([N+](=O)[O-])cc1. The van der Waals surface area contributed by atoms with Gasteiger partial charge >= 0.3 is 0 Å². The highest BCUT2D eigenvalue weighted by Gasteiger charge is 2.45. The molecule has 10 heteroatoms. The Labute approximate surface area is 176 Å². The summed E-state index contributed by atoms with van der Waals surface area (Å²) in [4.78, 5) is 37.0. The molecule has 2 aromatic rings. The Morgan fingerprint density at radius 3 is 2.29 bits per heavy atom. The maximum Gasteiger partial charge on any atom is 0.295 e. The quantitative estimate of drug-likeness (QED) is 0.144. The minimum atomic E-state index is -0.950. The van der Waals surface area contributed by atoms with Crippen LogP contribution in [0, 0.1) is 10.1 Å². The second kappa shape index (κ2) is 9.37. The largest absolute Gasteiger partial charge is 0.508 e. The number of likely N-dealkylation sites (tertiary alicyclic amines) is 1. The number of nitrogens with zero attached hydrogens (tertiary/aromatic N) is 2. The van der Waals surface area contributed by atoms with Crippen molar-refractivity contribution in [3.05, 3.63) is 75.3 Å². The van der Waals surface area contributed by atoms with E-state index in [1.165, 1.54) is 53.4 Å². The van der Waals surface area contributed by atoms with E-state index < -0.39 is 28.4 Å². The number of benzene rings is 2. The van der Waals surface area contributed by atoms with Crippen LogP contribution in [-0.4, -0.2) is 63.2 Å². The van der Waals surface area contributed by atoms with E-state index in [9.17, 15) is 29.9 Å². The van der Waals surface area contributed by atoms with Crippen LogP contribution in [0.25, 0.3) is 5.76 Å². The van der Waals surface area contributed by atoms with Gasteiger partial charge in [0, 0.05) is 24.2 Å². The summed E-state index contributed by atoms with van der Waals surface area (Å²) in [6, 6.07) is 9.83. The zero-order valence-electron chi connectivity index (χ0n) is 16.3. The van der Waals surface area contributed by atoms with Crippen LogP contribution in [0.15, 0.2) is 54.1 Å². The lowest BCUT2D eigenvalue weighted by Gasteiger charge is -2.25. The Kier molecular flexibility index (Phi) is 6.63. The first kappa shape index (κ1) is 21.9. The summed E-state index contributed by atoms with van der Waals surface area (Å²) in [6.07, 6.45) is 0. The van der Waals surface area contributed by atoms with Crippen LogP contribution in [-0.2, 0) is 14.3 Å². The van der Waals surface area contributed by atoms with Gasteiger partial charge in [-0.3, -0.25) is 19.7 Å². The third kappa shape index (κ3) is 4.55. The number of ether oxygens (including phenoxy) is 1. The molecule has 0 bridgehead atoms. The fourth-order valence-corrected chi connectivity index (χ4v) is 3.34.